The monoisotopic (exact) mass is 548 g/mol. The van der Waals surface area contributed by atoms with Crippen LogP contribution in [0.2, 0.25) is 0 Å². The Balaban J connectivity index is 0.00000341. The van der Waals surface area contributed by atoms with Gasteiger partial charge in [0.25, 0.3) is 0 Å². The van der Waals surface area contributed by atoms with Crippen LogP contribution < -0.4 is 5.32 Å². The van der Waals surface area contributed by atoms with Crippen molar-refractivity contribution in [2.45, 2.75) is 25.8 Å². The fraction of sp³-hybridized carbons (Fsp3) is 0.636. The minimum atomic E-state index is -0.233. The smallest absolute Gasteiger partial charge is 0.310 e. The number of aliphatic imine (C=N–C) groups is 1. The molecule has 3 rings (SSSR count). The van der Waals surface area contributed by atoms with Crippen LogP contribution in [0.3, 0.4) is 0 Å². The number of rotatable bonds is 6. The molecule has 31 heavy (non-hydrogen) atoms. The molecule has 7 nitrogen and oxygen atoms in total. The maximum absolute atomic E-state index is 13.9. The Morgan fingerprint density at radius 1 is 1.35 bits per heavy atom. The molecular weight excluding hydrogens is 514 g/mol. The highest BCUT2D eigenvalue weighted by molar-refractivity contribution is 14.0. The molecule has 9 heteroatoms. The van der Waals surface area contributed by atoms with Crippen molar-refractivity contribution >= 4 is 35.9 Å². The van der Waals surface area contributed by atoms with E-state index in [1.54, 1.807) is 19.2 Å². The lowest BCUT2D eigenvalue weighted by Gasteiger charge is -2.37. The predicted molar refractivity (Wildman–Crippen MR) is 129 cm³/mol. The van der Waals surface area contributed by atoms with Crippen molar-refractivity contribution in [1.29, 1.82) is 0 Å². The summed E-state index contributed by atoms with van der Waals surface area (Å²) in [6.45, 7) is 7.22. The van der Waals surface area contributed by atoms with Gasteiger partial charge in [0, 0.05) is 39.8 Å². The minimum absolute atomic E-state index is 0. The van der Waals surface area contributed by atoms with Crippen molar-refractivity contribution in [3.8, 4) is 0 Å². The molecule has 2 heterocycles. The molecule has 0 radical (unpaired) electrons. The molecule has 1 aromatic rings. The van der Waals surface area contributed by atoms with E-state index < -0.39 is 0 Å². The van der Waals surface area contributed by atoms with E-state index in [-0.39, 0.29) is 47.7 Å². The first-order valence-electron chi connectivity index (χ1n) is 10.8. The van der Waals surface area contributed by atoms with Crippen LogP contribution in [-0.4, -0.2) is 81.3 Å². The number of carbonyl (C=O) groups is 1. The lowest BCUT2D eigenvalue weighted by atomic mass is 9.98. The van der Waals surface area contributed by atoms with Crippen molar-refractivity contribution in [3.63, 3.8) is 0 Å². The molecule has 174 valence electrons. The molecule has 1 N–H and O–H groups in total. The lowest BCUT2D eigenvalue weighted by molar-refractivity contribution is -0.149. The summed E-state index contributed by atoms with van der Waals surface area (Å²) in [5, 5.41) is 3.46. The first-order valence-corrected chi connectivity index (χ1v) is 10.8. The van der Waals surface area contributed by atoms with Crippen LogP contribution in [0.15, 0.2) is 29.3 Å². The van der Waals surface area contributed by atoms with Gasteiger partial charge < -0.3 is 19.7 Å². The lowest BCUT2D eigenvalue weighted by Crippen LogP contribution is -2.50. The Morgan fingerprint density at radius 2 is 2.13 bits per heavy atom. The Labute approximate surface area is 201 Å². The van der Waals surface area contributed by atoms with Crippen LogP contribution in [0.25, 0.3) is 0 Å². The third-order valence-electron chi connectivity index (χ3n) is 5.73. The summed E-state index contributed by atoms with van der Waals surface area (Å²) in [7, 11) is 1.75. The van der Waals surface area contributed by atoms with Crippen LogP contribution in [0.1, 0.15) is 31.4 Å². The van der Waals surface area contributed by atoms with E-state index >= 15 is 0 Å². The summed E-state index contributed by atoms with van der Waals surface area (Å²) < 4.78 is 24.6. The number of morpholine rings is 1. The van der Waals surface area contributed by atoms with Gasteiger partial charge in [-0.1, -0.05) is 12.1 Å². The van der Waals surface area contributed by atoms with E-state index in [2.05, 4.69) is 20.1 Å². The number of hydrogen-bond acceptors (Lipinski definition) is 5. The van der Waals surface area contributed by atoms with Crippen molar-refractivity contribution in [3.05, 3.63) is 35.6 Å². The number of halogens is 2. The molecule has 2 saturated heterocycles. The number of nitrogens with zero attached hydrogens (tertiary/aromatic N) is 3. The number of esters is 1. The number of guanidine groups is 1. The van der Waals surface area contributed by atoms with Gasteiger partial charge in [-0.05, 0) is 37.5 Å². The first kappa shape index (κ1) is 25.8. The summed E-state index contributed by atoms with van der Waals surface area (Å²) in [6.07, 6.45) is 1.76. The normalized spacial score (nSPS) is 21.2. The highest BCUT2D eigenvalue weighted by Crippen LogP contribution is 2.23. The second-order valence-corrected chi connectivity index (χ2v) is 7.68. The summed E-state index contributed by atoms with van der Waals surface area (Å²) in [4.78, 5) is 21.1. The zero-order valence-corrected chi connectivity index (χ0v) is 20.7. The Kier molecular flexibility index (Phi) is 11.0. The molecule has 2 fully saturated rings. The van der Waals surface area contributed by atoms with Gasteiger partial charge in [-0.3, -0.25) is 14.7 Å². The molecule has 2 unspecified atom stereocenters. The van der Waals surface area contributed by atoms with Crippen LogP contribution in [0.4, 0.5) is 4.39 Å². The van der Waals surface area contributed by atoms with Gasteiger partial charge in [0.1, 0.15) is 5.82 Å². The average molecular weight is 548 g/mol. The van der Waals surface area contributed by atoms with Gasteiger partial charge in [0.2, 0.25) is 0 Å². The number of ether oxygens (including phenoxy) is 2. The largest absolute Gasteiger partial charge is 0.466 e. The molecule has 0 bridgehead atoms. The molecule has 0 amide bonds. The summed E-state index contributed by atoms with van der Waals surface area (Å²) in [6, 6.07) is 6.79. The zero-order valence-electron chi connectivity index (χ0n) is 18.4. The highest BCUT2D eigenvalue weighted by atomic mass is 127. The van der Waals surface area contributed by atoms with E-state index in [4.69, 9.17) is 9.47 Å². The second-order valence-electron chi connectivity index (χ2n) is 7.68. The third kappa shape index (κ3) is 7.28. The number of carbonyl (C=O) groups excluding carboxylic acids is 1. The van der Waals surface area contributed by atoms with E-state index in [9.17, 15) is 9.18 Å². The highest BCUT2D eigenvalue weighted by Gasteiger charge is 2.29. The molecule has 2 aliphatic heterocycles. The van der Waals surface area contributed by atoms with Gasteiger partial charge in [0.05, 0.1) is 31.8 Å². The topological polar surface area (TPSA) is 66.4 Å². The van der Waals surface area contributed by atoms with Crippen molar-refractivity contribution in [2.75, 3.05) is 59.6 Å². The Morgan fingerprint density at radius 3 is 2.81 bits per heavy atom. The van der Waals surface area contributed by atoms with Gasteiger partial charge in [-0.15, -0.1) is 24.0 Å². The van der Waals surface area contributed by atoms with E-state index in [0.29, 0.717) is 32.9 Å². The molecular formula is C22H34FIN4O3. The SMILES string of the molecule is CCOC(=O)C1CCCN(C(=NC)NCC(c2cccc(F)c2)N2CCOCC2)C1.I. The maximum atomic E-state index is 13.9. The third-order valence-corrected chi connectivity index (χ3v) is 5.73. The minimum Gasteiger partial charge on any atom is -0.466 e. The molecule has 0 aliphatic carbocycles. The standard InChI is InChI=1S/C22H33FN4O3.HI/c1-3-30-21(28)18-7-5-9-27(16-18)22(24-2)25-15-20(26-10-12-29-13-11-26)17-6-4-8-19(23)14-17;/h4,6,8,14,18,20H,3,5,7,9-13,15-16H2,1-2H3,(H,24,25);1H. The van der Waals surface area contributed by atoms with E-state index in [0.717, 1.165) is 44.0 Å². The Bertz CT molecular complexity index is 730. The molecule has 0 aromatic heterocycles. The van der Waals surface area contributed by atoms with Crippen LogP contribution in [-0.2, 0) is 14.3 Å². The number of piperidine rings is 1. The van der Waals surface area contributed by atoms with Gasteiger partial charge >= 0.3 is 5.97 Å². The number of likely N-dealkylation sites (tertiary alicyclic amines) is 1. The fourth-order valence-corrected chi connectivity index (χ4v) is 4.20. The zero-order chi connectivity index (χ0) is 21.3. The predicted octanol–water partition coefficient (Wildman–Crippen LogP) is 2.67. The number of benzene rings is 1. The van der Waals surface area contributed by atoms with Gasteiger partial charge in [-0.25, -0.2) is 4.39 Å². The van der Waals surface area contributed by atoms with Crippen molar-refractivity contribution < 1.29 is 18.7 Å². The van der Waals surface area contributed by atoms with Crippen molar-refractivity contribution in [2.24, 2.45) is 10.9 Å². The quantitative estimate of drug-likeness (QED) is 0.255. The maximum Gasteiger partial charge on any atom is 0.310 e. The summed E-state index contributed by atoms with van der Waals surface area (Å²) in [5.41, 5.74) is 0.933. The average Bonchev–Trinajstić information content (AvgIpc) is 2.78. The molecule has 0 spiro atoms. The molecule has 0 saturated carbocycles. The molecule has 2 atom stereocenters. The summed E-state index contributed by atoms with van der Waals surface area (Å²) in [5.74, 6) is 0.265. The number of hydrogen-bond donors (Lipinski definition) is 1. The number of nitrogens with one attached hydrogen (secondary N) is 1. The van der Waals surface area contributed by atoms with Gasteiger partial charge in [-0.2, -0.15) is 0 Å². The fourth-order valence-electron chi connectivity index (χ4n) is 4.20. The Hall–Kier alpha value is -1.46. The summed E-state index contributed by atoms with van der Waals surface area (Å²) >= 11 is 0. The second kappa shape index (κ2) is 13.2. The first-order chi connectivity index (χ1) is 14.6. The van der Waals surface area contributed by atoms with Crippen LogP contribution >= 0.6 is 24.0 Å². The molecule has 1 aromatic carbocycles. The van der Waals surface area contributed by atoms with Crippen molar-refractivity contribution in [1.82, 2.24) is 15.1 Å². The van der Waals surface area contributed by atoms with Gasteiger partial charge in [0.15, 0.2) is 5.96 Å². The van der Waals surface area contributed by atoms with Crippen LogP contribution in [0, 0.1) is 11.7 Å². The van der Waals surface area contributed by atoms with Crippen LogP contribution in [0.5, 0.6) is 0 Å². The van der Waals surface area contributed by atoms with E-state index in [1.807, 2.05) is 13.0 Å². The molecule has 2 aliphatic rings. The van der Waals surface area contributed by atoms with E-state index in [1.165, 1.54) is 6.07 Å².